The summed E-state index contributed by atoms with van der Waals surface area (Å²) >= 11 is 0. The van der Waals surface area contributed by atoms with E-state index in [0.29, 0.717) is 12.3 Å². The van der Waals surface area contributed by atoms with Gasteiger partial charge in [-0.05, 0) is 61.7 Å². The number of hydrogen-bond acceptors (Lipinski definition) is 1. The Morgan fingerprint density at radius 3 is 1.91 bits per heavy atom. The van der Waals surface area contributed by atoms with Crippen LogP contribution >= 0.6 is 0 Å². The predicted molar refractivity (Wildman–Crippen MR) is 85.1 cm³/mol. The molecule has 0 saturated heterocycles. The molecule has 3 heteroatoms. The van der Waals surface area contributed by atoms with Gasteiger partial charge in [-0.15, -0.1) is 0 Å². The Hall–Kier alpha value is -0.180. The van der Waals surface area contributed by atoms with Crippen LogP contribution in [0.25, 0.3) is 0 Å². The highest BCUT2D eigenvalue weighted by atomic mass is 19.2. The Balaban J connectivity index is 1.56. The second-order valence-electron chi connectivity index (χ2n) is 8.32. The lowest BCUT2D eigenvalue weighted by molar-refractivity contribution is -0.0809. The van der Waals surface area contributed by atoms with E-state index in [-0.39, 0.29) is 11.8 Å². The number of alkyl halides is 2. The van der Waals surface area contributed by atoms with Crippen LogP contribution in [-0.2, 0) is 0 Å². The van der Waals surface area contributed by atoms with E-state index in [9.17, 15) is 13.9 Å². The zero-order valence-corrected chi connectivity index (χ0v) is 13.9. The smallest absolute Gasteiger partial charge is 0.157 e. The van der Waals surface area contributed by atoms with E-state index in [2.05, 4.69) is 0 Å². The van der Waals surface area contributed by atoms with Crippen molar-refractivity contribution in [3.8, 4) is 0 Å². The van der Waals surface area contributed by atoms with Crippen molar-refractivity contribution in [2.24, 2.45) is 29.6 Å². The van der Waals surface area contributed by atoms with Crippen LogP contribution in [0.1, 0.15) is 71.1 Å². The van der Waals surface area contributed by atoms with Gasteiger partial charge in [0.2, 0.25) is 0 Å². The Labute approximate surface area is 133 Å². The Morgan fingerprint density at radius 2 is 1.27 bits per heavy atom. The molecular weight excluding hydrogens is 282 g/mol. The molecule has 5 unspecified atom stereocenters. The molecule has 3 saturated carbocycles. The molecule has 0 aromatic rings. The average Bonchev–Trinajstić information content (AvgIpc) is 2.54. The first kappa shape index (κ1) is 16.7. The highest BCUT2D eigenvalue weighted by Gasteiger charge is 2.47. The van der Waals surface area contributed by atoms with Crippen molar-refractivity contribution in [3.05, 3.63) is 0 Å². The monoisotopic (exact) mass is 314 g/mol. The maximum Gasteiger partial charge on any atom is 0.157 e. The molecule has 0 aromatic heterocycles. The zero-order chi connectivity index (χ0) is 15.7. The summed E-state index contributed by atoms with van der Waals surface area (Å²) in [5, 5.41) is 9.63. The highest BCUT2D eigenvalue weighted by molar-refractivity contribution is 4.95. The molecule has 3 aliphatic rings. The van der Waals surface area contributed by atoms with Crippen LogP contribution in [-0.4, -0.2) is 23.6 Å². The SMILES string of the molecule is CC1CC(O)C(F)C(F)C1C1CCC(C2CCCCC2)CC1. The van der Waals surface area contributed by atoms with Gasteiger partial charge in [0.25, 0.3) is 0 Å². The van der Waals surface area contributed by atoms with Crippen LogP contribution in [0.2, 0.25) is 0 Å². The summed E-state index contributed by atoms with van der Waals surface area (Å²) in [5.74, 6) is 1.99. The molecular formula is C19H32F2O. The van der Waals surface area contributed by atoms with Gasteiger partial charge in [0.1, 0.15) is 6.17 Å². The minimum absolute atomic E-state index is 0.105. The molecule has 0 aliphatic heterocycles. The molecule has 3 fully saturated rings. The fourth-order valence-corrected chi connectivity index (χ4v) is 5.74. The van der Waals surface area contributed by atoms with E-state index in [0.717, 1.165) is 24.7 Å². The van der Waals surface area contributed by atoms with Crippen LogP contribution in [0, 0.1) is 29.6 Å². The van der Waals surface area contributed by atoms with E-state index in [1.54, 1.807) is 0 Å². The van der Waals surface area contributed by atoms with Crippen molar-refractivity contribution in [2.75, 3.05) is 0 Å². The summed E-state index contributed by atoms with van der Waals surface area (Å²) in [6.07, 6.45) is 7.71. The van der Waals surface area contributed by atoms with Gasteiger partial charge in [0.15, 0.2) is 6.17 Å². The summed E-state index contributed by atoms with van der Waals surface area (Å²) in [6.45, 7) is 2.00. The van der Waals surface area contributed by atoms with Crippen LogP contribution in [0.15, 0.2) is 0 Å². The third kappa shape index (κ3) is 3.34. The maximum atomic E-state index is 14.4. The predicted octanol–water partition coefficient (Wildman–Crippen LogP) is 5.07. The molecule has 0 heterocycles. The van der Waals surface area contributed by atoms with E-state index in [1.165, 1.54) is 44.9 Å². The van der Waals surface area contributed by atoms with Gasteiger partial charge >= 0.3 is 0 Å². The first-order chi connectivity index (χ1) is 10.6. The van der Waals surface area contributed by atoms with Crippen LogP contribution in [0.5, 0.6) is 0 Å². The van der Waals surface area contributed by atoms with Crippen LogP contribution < -0.4 is 0 Å². The van der Waals surface area contributed by atoms with Gasteiger partial charge in [-0.2, -0.15) is 0 Å². The van der Waals surface area contributed by atoms with Gasteiger partial charge in [-0.25, -0.2) is 8.78 Å². The maximum absolute atomic E-state index is 14.4. The molecule has 3 aliphatic carbocycles. The Kier molecular flexibility index (Phi) is 5.42. The highest BCUT2D eigenvalue weighted by Crippen LogP contribution is 2.47. The normalized spacial score (nSPS) is 48.3. The van der Waals surface area contributed by atoms with E-state index < -0.39 is 18.4 Å². The standard InChI is InChI=1S/C19H32F2O/c1-12-11-16(22)18(20)19(21)17(12)15-9-7-14(8-10-15)13-5-3-2-4-6-13/h12-19,22H,2-11H2,1H3. The molecule has 0 aromatic carbocycles. The Bertz CT molecular complexity index is 347. The molecule has 5 atom stereocenters. The second-order valence-corrected chi connectivity index (χ2v) is 8.32. The number of hydrogen-bond donors (Lipinski definition) is 1. The molecule has 0 bridgehead atoms. The van der Waals surface area contributed by atoms with Crippen molar-refractivity contribution >= 4 is 0 Å². The third-order valence-electron chi connectivity index (χ3n) is 6.99. The number of rotatable bonds is 2. The van der Waals surface area contributed by atoms with Gasteiger partial charge in [0, 0.05) is 0 Å². The fourth-order valence-electron chi connectivity index (χ4n) is 5.74. The largest absolute Gasteiger partial charge is 0.390 e. The van der Waals surface area contributed by atoms with E-state index >= 15 is 0 Å². The average molecular weight is 314 g/mol. The summed E-state index contributed by atoms with van der Waals surface area (Å²) in [4.78, 5) is 0. The number of aliphatic hydroxyl groups is 1. The lowest BCUT2D eigenvalue weighted by Crippen LogP contribution is -2.48. The molecule has 0 amide bonds. The van der Waals surface area contributed by atoms with Crippen LogP contribution in [0.4, 0.5) is 8.78 Å². The lowest BCUT2D eigenvalue weighted by atomic mass is 9.63. The van der Waals surface area contributed by atoms with Gasteiger partial charge < -0.3 is 5.11 Å². The summed E-state index contributed by atoms with van der Waals surface area (Å²) in [7, 11) is 0. The molecule has 1 nitrogen and oxygen atoms in total. The number of aliphatic hydroxyl groups excluding tert-OH is 1. The first-order valence-electron chi connectivity index (χ1n) is 9.54. The van der Waals surface area contributed by atoms with Crippen molar-refractivity contribution in [1.82, 2.24) is 0 Å². The minimum Gasteiger partial charge on any atom is -0.390 e. The van der Waals surface area contributed by atoms with Crippen LogP contribution in [0.3, 0.4) is 0 Å². The van der Waals surface area contributed by atoms with Crippen molar-refractivity contribution in [3.63, 3.8) is 0 Å². The van der Waals surface area contributed by atoms with Crippen molar-refractivity contribution in [1.29, 1.82) is 0 Å². The summed E-state index contributed by atoms with van der Waals surface area (Å²) in [5.41, 5.74) is 0. The number of halogens is 2. The van der Waals surface area contributed by atoms with Crippen molar-refractivity contribution < 1.29 is 13.9 Å². The fraction of sp³-hybridized carbons (Fsp3) is 1.00. The van der Waals surface area contributed by atoms with Gasteiger partial charge in [0.05, 0.1) is 6.10 Å². The lowest BCUT2D eigenvalue weighted by Gasteiger charge is -2.45. The van der Waals surface area contributed by atoms with E-state index in [1.807, 2.05) is 6.92 Å². The van der Waals surface area contributed by atoms with E-state index in [4.69, 9.17) is 0 Å². The second kappa shape index (κ2) is 7.15. The van der Waals surface area contributed by atoms with Gasteiger partial charge in [-0.3, -0.25) is 0 Å². The van der Waals surface area contributed by atoms with Gasteiger partial charge in [-0.1, -0.05) is 39.0 Å². The summed E-state index contributed by atoms with van der Waals surface area (Å²) in [6, 6.07) is 0. The molecule has 0 radical (unpaired) electrons. The third-order valence-corrected chi connectivity index (χ3v) is 6.99. The molecule has 128 valence electrons. The molecule has 3 rings (SSSR count). The molecule has 0 spiro atoms. The minimum atomic E-state index is -1.67. The molecule has 22 heavy (non-hydrogen) atoms. The quantitative estimate of drug-likeness (QED) is 0.755. The zero-order valence-electron chi connectivity index (χ0n) is 13.9. The van der Waals surface area contributed by atoms with Crippen molar-refractivity contribution in [2.45, 2.75) is 89.6 Å². The summed E-state index contributed by atoms with van der Waals surface area (Å²) < 4.78 is 28.3. The molecule has 1 N–H and O–H groups in total. The Morgan fingerprint density at radius 1 is 0.727 bits per heavy atom. The topological polar surface area (TPSA) is 20.2 Å². The first-order valence-corrected chi connectivity index (χ1v) is 9.54.